The third-order valence-electron chi connectivity index (χ3n) is 10.2. The van der Waals surface area contributed by atoms with Crippen molar-refractivity contribution in [1.29, 1.82) is 0 Å². The quantitative estimate of drug-likeness (QED) is 0.120. The maximum absolute atomic E-state index is 16.9. The summed E-state index contributed by atoms with van der Waals surface area (Å²) in [6.07, 6.45) is 11.7. The molecule has 5 aromatic rings. The summed E-state index contributed by atoms with van der Waals surface area (Å²) in [5.74, 6) is -2.59. The number of ether oxygens (including phenoxy) is 1. The van der Waals surface area contributed by atoms with Gasteiger partial charge in [0.15, 0.2) is 29.1 Å². The van der Waals surface area contributed by atoms with Crippen LogP contribution in [0.1, 0.15) is 30.7 Å². The highest BCUT2D eigenvalue weighted by Crippen LogP contribution is 2.41. The third kappa shape index (κ3) is 6.16. The molecule has 53 heavy (non-hydrogen) atoms. The molecule has 3 aliphatic heterocycles. The van der Waals surface area contributed by atoms with Gasteiger partial charge in [-0.15, -0.1) is 6.42 Å². The van der Waals surface area contributed by atoms with Crippen LogP contribution in [-0.2, 0) is 4.79 Å². The van der Waals surface area contributed by atoms with Crippen molar-refractivity contribution in [2.45, 2.75) is 31.0 Å². The van der Waals surface area contributed by atoms with E-state index in [-0.39, 0.29) is 88.9 Å². The number of carbonyl (C=O) groups excluding carboxylic acids is 1. The molecule has 0 radical (unpaired) electrons. The van der Waals surface area contributed by atoms with Crippen LogP contribution >= 0.6 is 0 Å². The van der Waals surface area contributed by atoms with Crippen LogP contribution in [0.15, 0.2) is 54.7 Å². The highest BCUT2D eigenvalue weighted by Gasteiger charge is 2.49. The molecule has 1 amide bonds. The van der Waals surface area contributed by atoms with Gasteiger partial charge in [0.2, 0.25) is 0 Å². The fraction of sp³-hybridized carbons (Fsp3) is 0.316. The Kier molecular flexibility index (Phi) is 8.85. The average molecular weight is 727 g/mol. The molecule has 3 aromatic heterocycles. The van der Waals surface area contributed by atoms with Crippen molar-refractivity contribution < 1.29 is 31.5 Å². The monoisotopic (exact) mass is 726 g/mol. The van der Waals surface area contributed by atoms with Crippen molar-refractivity contribution in [2.24, 2.45) is 0 Å². The number of aromatic nitrogens is 5. The number of anilines is 1. The third-order valence-corrected chi connectivity index (χ3v) is 10.2. The first-order valence-corrected chi connectivity index (χ1v) is 17.1. The van der Waals surface area contributed by atoms with E-state index in [9.17, 15) is 22.4 Å². The van der Waals surface area contributed by atoms with E-state index in [2.05, 4.69) is 35.7 Å². The molecule has 15 heteroatoms. The Morgan fingerprint density at radius 2 is 1.83 bits per heavy atom. The van der Waals surface area contributed by atoms with Gasteiger partial charge in [0.25, 0.3) is 5.91 Å². The lowest BCUT2D eigenvalue weighted by Crippen LogP contribution is -2.49. The molecule has 0 bridgehead atoms. The number of amides is 1. The van der Waals surface area contributed by atoms with Crippen LogP contribution in [0.3, 0.4) is 0 Å². The van der Waals surface area contributed by atoms with Gasteiger partial charge in [-0.1, -0.05) is 24.1 Å². The molecule has 2 aromatic carbocycles. The highest BCUT2D eigenvalue weighted by molar-refractivity contribution is 6.02. The summed E-state index contributed by atoms with van der Waals surface area (Å²) >= 11 is 0. The standard InChI is InChI=1S/C38H31F5N8O2/c1-2-24-30-22(16-27(40)31(24)42)6-3-7-25(30)33-32(43)34-26(19-46-33)35(48-37(47-34)53-21-38-8-4-11-51(38)20-23(39)18-38)49-12-14-50(15-13-49)36(52)28(41)17-29-44-9-5-10-45-29/h1,3,5-7,9-10,16-17,19,23H,4,8,11-15,18,20-21H2/b28-17-/t23-,38+/m1/s1. The van der Waals surface area contributed by atoms with Crippen molar-refractivity contribution in [3.05, 3.63) is 83.6 Å². The van der Waals surface area contributed by atoms with E-state index in [1.54, 1.807) is 17.0 Å². The van der Waals surface area contributed by atoms with Gasteiger partial charge in [-0.05, 0) is 36.9 Å². The van der Waals surface area contributed by atoms with E-state index >= 15 is 4.39 Å². The van der Waals surface area contributed by atoms with Crippen LogP contribution in [0.25, 0.3) is 39.0 Å². The molecule has 0 N–H and O–H groups in total. The lowest BCUT2D eigenvalue weighted by atomic mass is 9.95. The number of hydrogen-bond acceptors (Lipinski definition) is 9. The van der Waals surface area contributed by atoms with Crippen LogP contribution < -0.4 is 9.64 Å². The van der Waals surface area contributed by atoms with Gasteiger partial charge in [0.05, 0.1) is 16.5 Å². The molecule has 3 saturated heterocycles. The normalized spacial score (nSPS) is 20.6. The molecule has 270 valence electrons. The maximum atomic E-state index is 16.9. The molecular formula is C38H31F5N8O2. The lowest BCUT2D eigenvalue weighted by Gasteiger charge is -2.35. The minimum atomic E-state index is -1.24. The summed E-state index contributed by atoms with van der Waals surface area (Å²) in [7, 11) is 0. The molecular weight excluding hydrogens is 695 g/mol. The second kappa shape index (κ2) is 13.7. The van der Waals surface area contributed by atoms with E-state index in [0.29, 0.717) is 13.0 Å². The smallest absolute Gasteiger partial charge is 0.319 e. The molecule has 3 fully saturated rings. The Bertz CT molecular complexity index is 2330. The van der Waals surface area contributed by atoms with Crippen LogP contribution in [0.2, 0.25) is 0 Å². The number of piperazine rings is 1. The van der Waals surface area contributed by atoms with E-state index in [1.165, 1.54) is 35.6 Å². The molecule has 3 aliphatic rings. The molecule has 2 atom stereocenters. The Hall–Kier alpha value is -5.75. The molecule has 0 aliphatic carbocycles. The number of carbonyl (C=O) groups is 1. The number of rotatable bonds is 7. The number of benzene rings is 2. The Balaban J connectivity index is 1.16. The second-order valence-electron chi connectivity index (χ2n) is 13.4. The first kappa shape index (κ1) is 34.3. The van der Waals surface area contributed by atoms with Gasteiger partial charge in [0.1, 0.15) is 29.8 Å². The van der Waals surface area contributed by atoms with Crippen molar-refractivity contribution in [3.8, 4) is 29.6 Å². The number of fused-ring (bicyclic) bond motifs is 3. The first-order chi connectivity index (χ1) is 25.7. The average Bonchev–Trinajstić information content (AvgIpc) is 3.70. The summed E-state index contributed by atoms with van der Waals surface area (Å²) in [5.41, 5.74) is -1.16. The van der Waals surface area contributed by atoms with Crippen LogP contribution in [-0.4, -0.2) is 98.2 Å². The SMILES string of the molecule is C#Cc1c(F)c(F)cc2cccc(-c3ncc4c(N5CCN(C(=O)/C(F)=C/c6ncccn6)CC5)nc(OC[C@@]56CCCN5C[C@H](F)C6)nc4c3F)c12. The molecule has 6 heterocycles. The van der Waals surface area contributed by atoms with E-state index in [0.717, 1.165) is 31.5 Å². The minimum Gasteiger partial charge on any atom is -0.461 e. The number of hydrogen-bond donors (Lipinski definition) is 0. The molecule has 10 nitrogen and oxygen atoms in total. The van der Waals surface area contributed by atoms with Gasteiger partial charge in [-0.2, -0.15) is 9.97 Å². The fourth-order valence-corrected chi connectivity index (χ4v) is 7.73. The van der Waals surface area contributed by atoms with Crippen LogP contribution in [0.4, 0.5) is 27.8 Å². The number of pyridine rings is 1. The number of nitrogens with zero attached hydrogens (tertiary/aromatic N) is 8. The molecule has 0 unspecified atom stereocenters. The van der Waals surface area contributed by atoms with Crippen molar-refractivity contribution >= 4 is 39.5 Å². The zero-order valence-corrected chi connectivity index (χ0v) is 28.2. The number of terminal acetylenes is 1. The lowest BCUT2D eigenvalue weighted by molar-refractivity contribution is -0.128. The van der Waals surface area contributed by atoms with Crippen molar-refractivity contribution in [2.75, 3.05) is 50.8 Å². The summed E-state index contributed by atoms with van der Waals surface area (Å²) in [6, 6.07) is 7.00. The Morgan fingerprint density at radius 1 is 1.04 bits per heavy atom. The second-order valence-corrected chi connectivity index (χ2v) is 13.4. The number of halogens is 5. The van der Waals surface area contributed by atoms with Crippen molar-refractivity contribution in [3.63, 3.8) is 0 Å². The summed E-state index contributed by atoms with van der Waals surface area (Å²) in [4.78, 5) is 39.6. The van der Waals surface area contributed by atoms with E-state index < -0.39 is 40.9 Å². The molecule has 0 saturated carbocycles. The number of alkyl halides is 1. The fourth-order valence-electron chi connectivity index (χ4n) is 7.73. The van der Waals surface area contributed by atoms with Gasteiger partial charge in [-0.3, -0.25) is 14.7 Å². The van der Waals surface area contributed by atoms with Gasteiger partial charge < -0.3 is 14.5 Å². The zero-order valence-electron chi connectivity index (χ0n) is 28.2. The molecule has 0 spiro atoms. The van der Waals surface area contributed by atoms with Crippen LogP contribution in [0.5, 0.6) is 6.01 Å². The predicted octanol–water partition coefficient (Wildman–Crippen LogP) is 5.65. The maximum Gasteiger partial charge on any atom is 0.319 e. The highest BCUT2D eigenvalue weighted by atomic mass is 19.2. The van der Waals surface area contributed by atoms with Crippen molar-refractivity contribution in [1.82, 2.24) is 34.7 Å². The van der Waals surface area contributed by atoms with E-state index in [4.69, 9.17) is 11.2 Å². The zero-order chi connectivity index (χ0) is 36.9. The summed E-state index contributed by atoms with van der Waals surface area (Å²) in [6.45, 7) is 1.72. The summed E-state index contributed by atoms with van der Waals surface area (Å²) in [5, 5.41) is 0.570. The summed E-state index contributed by atoms with van der Waals surface area (Å²) < 4.78 is 81.7. The van der Waals surface area contributed by atoms with E-state index in [1.807, 2.05) is 0 Å². The molecule has 8 rings (SSSR count). The van der Waals surface area contributed by atoms with Gasteiger partial charge >= 0.3 is 6.01 Å². The predicted molar refractivity (Wildman–Crippen MR) is 187 cm³/mol. The van der Waals surface area contributed by atoms with Gasteiger partial charge in [0, 0.05) is 74.8 Å². The Morgan fingerprint density at radius 3 is 2.60 bits per heavy atom. The Labute approximate surface area is 300 Å². The minimum absolute atomic E-state index is 0.0575. The van der Waals surface area contributed by atoms with Gasteiger partial charge in [-0.25, -0.2) is 31.9 Å². The first-order valence-electron chi connectivity index (χ1n) is 17.1. The van der Waals surface area contributed by atoms with Crippen LogP contribution in [0, 0.1) is 29.8 Å². The largest absolute Gasteiger partial charge is 0.461 e. The topological polar surface area (TPSA) is 100 Å².